The molecular formula is C9H7BrN2O2. The van der Waals surface area contributed by atoms with E-state index in [1.165, 1.54) is 4.90 Å². The lowest BCUT2D eigenvalue weighted by Crippen LogP contribution is -2.24. The Kier molecular flexibility index (Phi) is 2.33. The fraction of sp³-hybridized carbons (Fsp3) is 0.222. The number of Topliss-reactive ketones (excluding diaryl/α,β-unsaturated/α-hetero) is 1. The minimum absolute atomic E-state index is 0.00646. The standard InChI is InChI=1S/C9H7BrN2O2/c10-6-1-7(4-11-3-6)12-5-8(13)2-9(12)14/h1,3-4H,2,5H2. The molecule has 0 unspecified atom stereocenters. The molecule has 72 valence electrons. The van der Waals surface area contributed by atoms with Crippen molar-refractivity contribution in [3.05, 3.63) is 22.9 Å². The summed E-state index contributed by atoms with van der Waals surface area (Å²) in [5, 5.41) is 0. The molecule has 0 atom stereocenters. The number of amides is 1. The first-order valence-corrected chi connectivity index (χ1v) is 4.89. The fourth-order valence-corrected chi connectivity index (χ4v) is 1.72. The van der Waals surface area contributed by atoms with Gasteiger partial charge in [-0.05, 0) is 22.0 Å². The SMILES string of the molecule is O=C1CC(=O)N(c2cncc(Br)c2)C1. The molecule has 1 aliphatic heterocycles. The topological polar surface area (TPSA) is 50.3 Å². The van der Waals surface area contributed by atoms with Gasteiger partial charge in [0.05, 0.1) is 24.8 Å². The predicted octanol–water partition coefficient (Wildman–Crippen LogP) is 1.15. The van der Waals surface area contributed by atoms with Crippen LogP contribution in [0.15, 0.2) is 22.9 Å². The normalized spacial score (nSPS) is 16.5. The Balaban J connectivity index is 2.31. The molecular weight excluding hydrogens is 248 g/mol. The predicted molar refractivity (Wildman–Crippen MR) is 53.9 cm³/mol. The van der Waals surface area contributed by atoms with Gasteiger partial charge in [0.1, 0.15) is 0 Å². The van der Waals surface area contributed by atoms with Gasteiger partial charge in [0.15, 0.2) is 5.78 Å². The number of aromatic nitrogens is 1. The first-order chi connectivity index (χ1) is 6.66. The third kappa shape index (κ3) is 1.68. The molecule has 0 bridgehead atoms. The Hall–Kier alpha value is -1.23. The highest BCUT2D eigenvalue weighted by molar-refractivity contribution is 9.10. The van der Waals surface area contributed by atoms with Gasteiger partial charge in [-0.25, -0.2) is 0 Å². The third-order valence-corrected chi connectivity index (χ3v) is 2.42. The van der Waals surface area contributed by atoms with E-state index < -0.39 is 0 Å². The van der Waals surface area contributed by atoms with Crippen LogP contribution in [0.4, 0.5) is 5.69 Å². The lowest BCUT2D eigenvalue weighted by Gasteiger charge is -2.13. The Labute approximate surface area is 89.1 Å². The summed E-state index contributed by atoms with van der Waals surface area (Å²) in [6, 6.07) is 1.77. The van der Waals surface area contributed by atoms with Crippen LogP contribution in [0.25, 0.3) is 0 Å². The number of hydrogen-bond donors (Lipinski definition) is 0. The molecule has 0 N–H and O–H groups in total. The van der Waals surface area contributed by atoms with Crippen LogP contribution in [0.3, 0.4) is 0 Å². The maximum Gasteiger partial charge on any atom is 0.234 e. The van der Waals surface area contributed by atoms with Gasteiger partial charge in [0, 0.05) is 10.7 Å². The molecule has 14 heavy (non-hydrogen) atoms. The summed E-state index contributed by atoms with van der Waals surface area (Å²) in [6.45, 7) is 0.164. The average molecular weight is 255 g/mol. The maximum atomic E-state index is 11.4. The van der Waals surface area contributed by atoms with Crippen molar-refractivity contribution in [1.29, 1.82) is 0 Å². The molecule has 1 aromatic rings. The van der Waals surface area contributed by atoms with E-state index in [2.05, 4.69) is 20.9 Å². The van der Waals surface area contributed by atoms with Gasteiger partial charge in [-0.2, -0.15) is 0 Å². The molecule has 0 radical (unpaired) electrons. The molecule has 1 fully saturated rings. The maximum absolute atomic E-state index is 11.4. The molecule has 1 aliphatic rings. The molecule has 0 saturated carbocycles. The Morgan fingerprint density at radius 1 is 1.36 bits per heavy atom. The molecule has 1 aromatic heterocycles. The molecule has 0 aliphatic carbocycles. The highest BCUT2D eigenvalue weighted by Crippen LogP contribution is 2.21. The summed E-state index contributed by atoms with van der Waals surface area (Å²) in [6.07, 6.45) is 3.21. The summed E-state index contributed by atoms with van der Waals surface area (Å²) in [7, 11) is 0. The smallest absolute Gasteiger partial charge is 0.234 e. The van der Waals surface area contributed by atoms with Crippen molar-refractivity contribution in [2.75, 3.05) is 11.4 Å². The first-order valence-electron chi connectivity index (χ1n) is 4.09. The highest BCUT2D eigenvalue weighted by atomic mass is 79.9. The van der Waals surface area contributed by atoms with Crippen molar-refractivity contribution >= 4 is 33.3 Å². The third-order valence-electron chi connectivity index (χ3n) is 1.99. The number of halogens is 1. The van der Waals surface area contributed by atoms with Gasteiger partial charge >= 0.3 is 0 Å². The Bertz CT molecular complexity index is 406. The van der Waals surface area contributed by atoms with Crippen molar-refractivity contribution in [3.63, 3.8) is 0 Å². The molecule has 1 amide bonds. The van der Waals surface area contributed by atoms with Gasteiger partial charge in [-0.3, -0.25) is 14.6 Å². The molecule has 0 spiro atoms. The van der Waals surface area contributed by atoms with E-state index in [-0.39, 0.29) is 24.7 Å². The van der Waals surface area contributed by atoms with Crippen LogP contribution in [0, 0.1) is 0 Å². The Morgan fingerprint density at radius 3 is 2.71 bits per heavy atom. The summed E-state index contributed by atoms with van der Waals surface area (Å²) in [5.74, 6) is -0.204. The van der Waals surface area contributed by atoms with Crippen LogP contribution in [-0.2, 0) is 9.59 Å². The number of ketones is 1. The number of pyridine rings is 1. The van der Waals surface area contributed by atoms with E-state index in [1.54, 1.807) is 18.5 Å². The zero-order chi connectivity index (χ0) is 10.1. The number of carbonyl (C=O) groups is 2. The van der Waals surface area contributed by atoms with Crippen molar-refractivity contribution < 1.29 is 9.59 Å². The molecule has 2 heterocycles. The number of anilines is 1. The van der Waals surface area contributed by atoms with E-state index >= 15 is 0 Å². The fourth-order valence-electron chi connectivity index (χ4n) is 1.37. The quantitative estimate of drug-likeness (QED) is 0.707. The monoisotopic (exact) mass is 254 g/mol. The van der Waals surface area contributed by atoms with Crippen LogP contribution >= 0.6 is 15.9 Å². The van der Waals surface area contributed by atoms with Gasteiger partial charge in [0.2, 0.25) is 5.91 Å². The van der Waals surface area contributed by atoms with Crippen molar-refractivity contribution in [1.82, 2.24) is 4.98 Å². The van der Waals surface area contributed by atoms with Crippen LogP contribution in [0.5, 0.6) is 0 Å². The van der Waals surface area contributed by atoms with Gasteiger partial charge in [-0.1, -0.05) is 0 Å². The number of nitrogens with zero attached hydrogens (tertiary/aromatic N) is 2. The molecule has 5 heteroatoms. The van der Waals surface area contributed by atoms with Gasteiger partial charge in [0.25, 0.3) is 0 Å². The molecule has 1 saturated heterocycles. The summed E-state index contributed by atoms with van der Waals surface area (Å²) in [5.41, 5.74) is 0.662. The van der Waals surface area contributed by atoms with Crippen LogP contribution in [0.1, 0.15) is 6.42 Å². The Morgan fingerprint density at radius 2 is 2.14 bits per heavy atom. The zero-order valence-corrected chi connectivity index (χ0v) is 8.82. The largest absolute Gasteiger partial charge is 0.303 e. The van der Waals surface area contributed by atoms with E-state index in [9.17, 15) is 9.59 Å². The van der Waals surface area contributed by atoms with Crippen molar-refractivity contribution in [2.24, 2.45) is 0 Å². The minimum atomic E-state index is -0.157. The van der Waals surface area contributed by atoms with Crippen LogP contribution < -0.4 is 4.90 Å². The van der Waals surface area contributed by atoms with E-state index in [0.29, 0.717) is 5.69 Å². The second-order valence-corrected chi connectivity index (χ2v) is 3.97. The van der Waals surface area contributed by atoms with Gasteiger partial charge < -0.3 is 4.90 Å². The van der Waals surface area contributed by atoms with Crippen molar-refractivity contribution in [3.8, 4) is 0 Å². The minimum Gasteiger partial charge on any atom is -0.303 e. The zero-order valence-electron chi connectivity index (χ0n) is 7.24. The number of hydrogen-bond acceptors (Lipinski definition) is 3. The highest BCUT2D eigenvalue weighted by Gasteiger charge is 2.28. The lowest BCUT2D eigenvalue weighted by atomic mass is 10.3. The van der Waals surface area contributed by atoms with E-state index in [1.807, 2.05) is 0 Å². The van der Waals surface area contributed by atoms with Crippen molar-refractivity contribution in [2.45, 2.75) is 6.42 Å². The summed E-state index contributed by atoms with van der Waals surface area (Å²) < 4.78 is 0.794. The number of carbonyl (C=O) groups excluding carboxylic acids is 2. The average Bonchev–Trinajstić information content (AvgIpc) is 2.45. The lowest BCUT2D eigenvalue weighted by molar-refractivity contribution is -0.121. The molecule has 2 rings (SSSR count). The van der Waals surface area contributed by atoms with Gasteiger partial charge in [-0.15, -0.1) is 0 Å². The van der Waals surface area contributed by atoms with Crippen LogP contribution in [-0.4, -0.2) is 23.2 Å². The second kappa shape index (κ2) is 3.49. The second-order valence-electron chi connectivity index (χ2n) is 3.06. The van der Waals surface area contributed by atoms with Crippen LogP contribution in [0.2, 0.25) is 0 Å². The summed E-state index contributed by atoms with van der Waals surface area (Å²) in [4.78, 5) is 27.8. The molecule has 4 nitrogen and oxygen atoms in total. The van der Waals surface area contributed by atoms with E-state index in [4.69, 9.17) is 0 Å². The molecule has 0 aromatic carbocycles. The summed E-state index contributed by atoms with van der Waals surface area (Å²) >= 11 is 3.26. The first kappa shape index (κ1) is 9.33. The number of rotatable bonds is 1. The van der Waals surface area contributed by atoms with E-state index in [0.717, 1.165) is 4.47 Å².